The molecule has 1 atom stereocenters. The predicted molar refractivity (Wildman–Crippen MR) is 97.4 cm³/mol. The summed E-state index contributed by atoms with van der Waals surface area (Å²) < 4.78 is 0. The Balaban J connectivity index is 1.57. The molecule has 2 saturated heterocycles. The monoisotopic (exact) mass is 370 g/mol. The van der Waals surface area contributed by atoms with Crippen LogP contribution in [0.1, 0.15) is 40.5 Å². The lowest BCUT2D eigenvalue weighted by atomic mass is 10.0. The summed E-state index contributed by atoms with van der Waals surface area (Å²) in [5.41, 5.74) is 1.57. The van der Waals surface area contributed by atoms with E-state index < -0.39 is 23.8 Å². The van der Waals surface area contributed by atoms with Crippen LogP contribution in [-0.2, 0) is 9.59 Å². The fraction of sp³-hybridized carbons (Fsp3) is 0.474. The number of hydrogen-bond acceptors (Lipinski definition) is 6. The summed E-state index contributed by atoms with van der Waals surface area (Å²) in [6.07, 6.45) is 0.290. The van der Waals surface area contributed by atoms with E-state index in [4.69, 9.17) is 0 Å². The molecule has 3 aliphatic rings. The van der Waals surface area contributed by atoms with Crippen molar-refractivity contribution in [2.24, 2.45) is 0 Å². The Labute approximate surface area is 157 Å². The van der Waals surface area contributed by atoms with Crippen molar-refractivity contribution in [3.63, 3.8) is 0 Å². The van der Waals surface area contributed by atoms with E-state index in [1.54, 1.807) is 12.1 Å². The molecule has 0 spiro atoms. The van der Waals surface area contributed by atoms with Gasteiger partial charge in [-0.25, -0.2) is 0 Å². The Morgan fingerprint density at radius 1 is 1.00 bits per heavy atom. The molecule has 27 heavy (non-hydrogen) atoms. The number of carbonyl (C=O) groups is 4. The molecule has 0 aliphatic carbocycles. The van der Waals surface area contributed by atoms with Gasteiger partial charge < -0.3 is 9.80 Å². The average molecular weight is 370 g/mol. The van der Waals surface area contributed by atoms with Gasteiger partial charge in [-0.1, -0.05) is 6.92 Å². The fourth-order valence-corrected chi connectivity index (χ4v) is 3.98. The van der Waals surface area contributed by atoms with Gasteiger partial charge in [-0.15, -0.1) is 0 Å². The molecule has 0 aromatic heterocycles. The Morgan fingerprint density at radius 3 is 2.37 bits per heavy atom. The number of nitrogens with zero attached hydrogens (tertiary/aromatic N) is 3. The zero-order valence-electron chi connectivity index (χ0n) is 15.2. The molecule has 4 amide bonds. The highest BCUT2D eigenvalue weighted by Gasteiger charge is 2.44. The number of carbonyl (C=O) groups excluding carboxylic acids is 4. The van der Waals surface area contributed by atoms with E-state index >= 15 is 0 Å². The third kappa shape index (κ3) is 2.99. The maximum Gasteiger partial charge on any atom is 0.262 e. The quantitative estimate of drug-likeness (QED) is 0.766. The first-order chi connectivity index (χ1) is 13.0. The van der Waals surface area contributed by atoms with E-state index in [0.29, 0.717) is 11.1 Å². The smallest absolute Gasteiger partial charge is 0.262 e. The van der Waals surface area contributed by atoms with E-state index in [-0.39, 0.29) is 18.7 Å². The van der Waals surface area contributed by atoms with Gasteiger partial charge in [-0.3, -0.25) is 29.4 Å². The van der Waals surface area contributed by atoms with Gasteiger partial charge in [0.15, 0.2) is 0 Å². The first-order valence-electron chi connectivity index (χ1n) is 9.32. The number of amides is 4. The number of likely N-dealkylation sites (N-methyl/N-ethyl adjacent to an activating group) is 1. The van der Waals surface area contributed by atoms with Crippen molar-refractivity contribution in [2.75, 3.05) is 37.6 Å². The number of benzene rings is 1. The SMILES string of the molecule is CCN1CCN(c2ccc3c(c2)C(=O)N(C2CCC(=O)NC2=O)C3=O)CC1. The van der Waals surface area contributed by atoms with E-state index in [1.807, 2.05) is 6.07 Å². The normalized spacial score (nSPS) is 23.7. The third-order valence-electron chi connectivity index (χ3n) is 5.61. The van der Waals surface area contributed by atoms with Crippen LogP contribution in [0.2, 0.25) is 0 Å². The van der Waals surface area contributed by atoms with Crippen molar-refractivity contribution >= 4 is 29.3 Å². The van der Waals surface area contributed by atoms with Crippen LogP contribution in [0.15, 0.2) is 18.2 Å². The third-order valence-corrected chi connectivity index (χ3v) is 5.61. The Morgan fingerprint density at radius 2 is 1.70 bits per heavy atom. The zero-order chi connectivity index (χ0) is 19.1. The van der Waals surface area contributed by atoms with Crippen molar-refractivity contribution in [2.45, 2.75) is 25.8 Å². The number of anilines is 1. The maximum atomic E-state index is 12.9. The summed E-state index contributed by atoms with van der Waals surface area (Å²) in [4.78, 5) is 54.6. The lowest BCUT2D eigenvalue weighted by molar-refractivity contribution is -0.136. The largest absolute Gasteiger partial charge is 0.369 e. The fourth-order valence-electron chi connectivity index (χ4n) is 3.98. The molecule has 1 N–H and O–H groups in total. The van der Waals surface area contributed by atoms with Gasteiger partial charge >= 0.3 is 0 Å². The van der Waals surface area contributed by atoms with Gasteiger partial charge in [0.05, 0.1) is 11.1 Å². The number of piperidine rings is 1. The molecule has 4 rings (SSSR count). The van der Waals surface area contributed by atoms with E-state index in [0.717, 1.165) is 43.3 Å². The first-order valence-corrected chi connectivity index (χ1v) is 9.32. The van der Waals surface area contributed by atoms with Crippen LogP contribution in [0, 0.1) is 0 Å². The van der Waals surface area contributed by atoms with Gasteiger partial charge in [0.2, 0.25) is 11.8 Å². The molecule has 1 aromatic rings. The highest BCUT2D eigenvalue weighted by molar-refractivity contribution is 6.23. The van der Waals surface area contributed by atoms with Crippen LogP contribution in [0.3, 0.4) is 0 Å². The van der Waals surface area contributed by atoms with Crippen LogP contribution >= 0.6 is 0 Å². The van der Waals surface area contributed by atoms with Gasteiger partial charge in [0.1, 0.15) is 6.04 Å². The number of rotatable bonds is 3. The molecule has 0 saturated carbocycles. The maximum absolute atomic E-state index is 12.9. The molecular weight excluding hydrogens is 348 g/mol. The number of imide groups is 2. The lowest BCUT2D eigenvalue weighted by Crippen LogP contribution is -2.54. The summed E-state index contributed by atoms with van der Waals surface area (Å²) in [6, 6.07) is 4.36. The van der Waals surface area contributed by atoms with Crippen LogP contribution in [-0.4, -0.2) is 72.2 Å². The molecule has 0 bridgehead atoms. The summed E-state index contributed by atoms with van der Waals surface area (Å²) in [7, 11) is 0. The molecule has 0 radical (unpaired) electrons. The molecule has 3 aliphatic heterocycles. The minimum Gasteiger partial charge on any atom is -0.369 e. The topological polar surface area (TPSA) is 90.0 Å². The second-order valence-electron chi connectivity index (χ2n) is 7.10. The number of piperazine rings is 1. The van der Waals surface area contributed by atoms with Crippen LogP contribution in [0.4, 0.5) is 5.69 Å². The highest BCUT2D eigenvalue weighted by atomic mass is 16.2. The standard InChI is InChI=1S/C19H22N4O4/c1-2-21-7-9-22(10-8-21)12-3-4-13-14(11-12)19(27)23(18(13)26)15-5-6-16(24)20-17(15)25/h3-4,11,15H,2,5-10H2,1H3,(H,20,24,25). The van der Waals surface area contributed by atoms with Gasteiger partial charge in [-0.2, -0.15) is 0 Å². The Hall–Kier alpha value is -2.74. The number of fused-ring (bicyclic) bond motifs is 1. The molecule has 3 heterocycles. The molecule has 142 valence electrons. The molecule has 1 unspecified atom stereocenters. The molecule has 8 heteroatoms. The van der Waals surface area contributed by atoms with Crippen molar-refractivity contribution in [1.29, 1.82) is 0 Å². The van der Waals surface area contributed by atoms with Crippen molar-refractivity contribution in [3.05, 3.63) is 29.3 Å². The van der Waals surface area contributed by atoms with Crippen LogP contribution < -0.4 is 10.2 Å². The van der Waals surface area contributed by atoms with Crippen LogP contribution in [0.5, 0.6) is 0 Å². The highest BCUT2D eigenvalue weighted by Crippen LogP contribution is 2.30. The van der Waals surface area contributed by atoms with E-state index in [1.165, 1.54) is 0 Å². The summed E-state index contributed by atoms with van der Waals surface area (Å²) in [6.45, 7) is 6.81. The van der Waals surface area contributed by atoms with Crippen molar-refractivity contribution in [1.82, 2.24) is 15.1 Å². The first kappa shape index (κ1) is 17.7. The van der Waals surface area contributed by atoms with Gasteiger partial charge in [-0.05, 0) is 31.2 Å². The molecular formula is C19H22N4O4. The zero-order valence-corrected chi connectivity index (χ0v) is 15.2. The summed E-state index contributed by atoms with van der Waals surface area (Å²) in [5, 5.41) is 2.21. The predicted octanol–water partition coefficient (Wildman–Crippen LogP) is 0.230. The minimum absolute atomic E-state index is 0.122. The molecule has 8 nitrogen and oxygen atoms in total. The second-order valence-corrected chi connectivity index (χ2v) is 7.10. The Kier molecular flexibility index (Phi) is 4.43. The summed E-state index contributed by atoms with van der Waals surface area (Å²) in [5.74, 6) is -1.89. The minimum atomic E-state index is -0.924. The number of nitrogens with one attached hydrogen (secondary N) is 1. The van der Waals surface area contributed by atoms with Crippen molar-refractivity contribution < 1.29 is 19.2 Å². The van der Waals surface area contributed by atoms with Crippen LogP contribution in [0.25, 0.3) is 0 Å². The number of hydrogen-bond donors (Lipinski definition) is 1. The Bertz CT molecular complexity index is 829. The average Bonchev–Trinajstić information content (AvgIpc) is 2.92. The summed E-state index contributed by atoms with van der Waals surface area (Å²) >= 11 is 0. The molecule has 1 aromatic carbocycles. The molecule has 2 fully saturated rings. The van der Waals surface area contributed by atoms with Crippen molar-refractivity contribution in [3.8, 4) is 0 Å². The van der Waals surface area contributed by atoms with E-state index in [2.05, 4.69) is 22.0 Å². The van der Waals surface area contributed by atoms with E-state index in [9.17, 15) is 19.2 Å². The van der Waals surface area contributed by atoms with Gasteiger partial charge in [0, 0.05) is 38.3 Å². The second kappa shape index (κ2) is 6.77. The lowest BCUT2D eigenvalue weighted by Gasteiger charge is -2.35. The van der Waals surface area contributed by atoms with Gasteiger partial charge in [0.25, 0.3) is 11.8 Å².